The fourth-order valence-corrected chi connectivity index (χ4v) is 4.77. The number of aliphatic hydroxyl groups is 1. The molecule has 0 saturated carbocycles. The van der Waals surface area contributed by atoms with Crippen LogP contribution >= 0.6 is 0 Å². The van der Waals surface area contributed by atoms with Crippen LogP contribution in [0, 0.1) is 27.7 Å². The summed E-state index contributed by atoms with van der Waals surface area (Å²) in [5.41, 5.74) is 2.96. The standard InChI is InChI=1S/C24H33NO6S/c1-15-13-16(2)18(4)22(17(15)3)32(28,29)31-20-11-9-19(10-12-20)21(26)14-25(8)23(27)30-24(5,6)7/h9-13,21,26H,14H2,1-8H3. The lowest BCUT2D eigenvalue weighted by Gasteiger charge is -2.26. The van der Waals surface area contributed by atoms with E-state index < -0.39 is 27.9 Å². The van der Waals surface area contributed by atoms with Gasteiger partial charge in [0.1, 0.15) is 16.2 Å². The normalized spacial score (nSPS) is 12.9. The third kappa shape index (κ3) is 6.23. The minimum Gasteiger partial charge on any atom is -0.444 e. The van der Waals surface area contributed by atoms with Crippen molar-refractivity contribution in [2.45, 2.75) is 65.1 Å². The van der Waals surface area contributed by atoms with E-state index in [1.165, 1.54) is 24.1 Å². The zero-order chi connectivity index (χ0) is 24.4. The summed E-state index contributed by atoms with van der Waals surface area (Å²) in [4.78, 5) is 13.5. The number of likely N-dealkylation sites (N-methyl/N-ethyl adjacent to an activating group) is 1. The molecule has 2 rings (SSSR count). The smallest absolute Gasteiger partial charge is 0.410 e. The van der Waals surface area contributed by atoms with Gasteiger partial charge in [0, 0.05) is 7.05 Å². The molecule has 32 heavy (non-hydrogen) atoms. The summed E-state index contributed by atoms with van der Waals surface area (Å²) < 4.78 is 36.6. The van der Waals surface area contributed by atoms with Crippen molar-refractivity contribution in [3.05, 3.63) is 58.1 Å². The monoisotopic (exact) mass is 463 g/mol. The Labute approximate surface area is 191 Å². The molecule has 2 aromatic rings. The van der Waals surface area contributed by atoms with Crippen LogP contribution in [-0.2, 0) is 14.9 Å². The quantitative estimate of drug-likeness (QED) is 0.630. The molecule has 0 spiro atoms. The fraction of sp³-hybridized carbons (Fsp3) is 0.458. The number of carbonyl (C=O) groups is 1. The van der Waals surface area contributed by atoms with Crippen LogP contribution in [0.15, 0.2) is 35.2 Å². The molecule has 1 amide bonds. The highest BCUT2D eigenvalue weighted by Crippen LogP contribution is 2.29. The van der Waals surface area contributed by atoms with Crippen molar-refractivity contribution in [2.75, 3.05) is 13.6 Å². The number of amides is 1. The Bertz CT molecular complexity index is 1060. The SMILES string of the molecule is Cc1cc(C)c(C)c(S(=O)(=O)Oc2ccc(C(O)CN(C)C(=O)OC(C)(C)C)cc2)c1C. The second-order valence-corrected chi connectivity index (χ2v) is 10.6. The number of hydrogen-bond donors (Lipinski definition) is 1. The first-order chi connectivity index (χ1) is 14.6. The van der Waals surface area contributed by atoms with E-state index in [0.29, 0.717) is 16.7 Å². The minimum atomic E-state index is -4.03. The molecule has 1 atom stereocenters. The number of nitrogens with zero attached hydrogens (tertiary/aromatic N) is 1. The van der Waals surface area contributed by atoms with Gasteiger partial charge in [0.25, 0.3) is 0 Å². The van der Waals surface area contributed by atoms with E-state index in [2.05, 4.69) is 0 Å². The van der Waals surface area contributed by atoms with Crippen molar-refractivity contribution in [2.24, 2.45) is 0 Å². The van der Waals surface area contributed by atoms with E-state index in [1.54, 1.807) is 46.8 Å². The van der Waals surface area contributed by atoms with Gasteiger partial charge in [-0.15, -0.1) is 0 Å². The summed E-state index contributed by atoms with van der Waals surface area (Å²) in [5.74, 6) is 0.138. The third-order valence-electron chi connectivity index (χ3n) is 5.17. The summed E-state index contributed by atoms with van der Waals surface area (Å²) in [6, 6.07) is 8.06. The maximum atomic E-state index is 13.0. The van der Waals surface area contributed by atoms with Crippen molar-refractivity contribution in [3.8, 4) is 5.75 Å². The Hall–Kier alpha value is -2.58. The molecule has 0 saturated heterocycles. The Balaban J connectivity index is 2.15. The molecule has 0 aliphatic rings. The number of rotatable bonds is 6. The molecule has 0 radical (unpaired) electrons. The Morgan fingerprint density at radius 3 is 2.00 bits per heavy atom. The van der Waals surface area contributed by atoms with Crippen molar-refractivity contribution >= 4 is 16.2 Å². The lowest BCUT2D eigenvalue weighted by molar-refractivity contribution is 0.0205. The second kappa shape index (κ2) is 9.50. The first kappa shape index (κ1) is 25.7. The van der Waals surface area contributed by atoms with Crippen LogP contribution < -0.4 is 4.18 Å². The highest BCUT2D eigenvalue weighted by atomic mass is 32.2. The Kier molecular flexibility index (Phi) is 7.63. The zero-order valence-electron chi connectivity index (χ0n) is 20.0. The van der Waals surface area contributed by atoms with Crippen LogP contribution in [-0.4, -0.2) is 43.7 Å². The molecule has 7 nitrogen and oxygen atoms in total. The number of ether oxygens (including phenoxy) is 1. The fourth-order valence-electron chi connectivity index (χ4n) is 3.25. The first-order valence-corrected chi connectivity index (χ1v) is 11.8. The molecule has 8 heteroatoms. The molecule has 0 heterocycles. The van der Waals surface area contributed by atoms with Crippen LogP contribution in [0.4, 0.5) is 4.79 Å². The minimum absolute atomic E-state index is 0.0222. The molecule has 0 bridgehead atoms. The van der Waals surface area contributed by atoms with E-state index in [-0.39, 0.29) is 17.2 Å². The molecule has 1 N–H and O–H groups in total. The van der Waals surface area contributed by atoms with Crippen molar-refractivity contribution in [3.63, 3.8) is 0 Å². The molecular formula is C24H33NO6S. The number of carbonyl (C=O) groups excluding carboxylic acids is 1. The highest BCUT2D eigenvalue weighted by molar-refractivity contribution is 7.87. The maximum absolute atomic E-state index is 13.0. The summed E-state index contributed by atoms with van der Waals surface area (Å²) >= 11 is 0. The van der Waals surface area contributed by atoms with E-state index in [1.807, 2.05) is 19.9 Å². The maximum Gasteiger partial charge on any atom is 0.410 e. The van der Waals surface area contributed by atoms with Crippen molar-refractivity contribution in [1.29, 1.82) is 0 Å². The first-order valence-electron chi connectivity index (χ1n) is 10.4. The molecule has 2 aromatic carbocycles. The number of benzene rings is 2. The lowest BCUT2D eigenvalue weighted by atomic mass is 10.0. The van der Waals surface area contributed by atoms with Gasteiger partial charge >= 0.3 is 16.2 Å². The summed E-state index contributed by atoms with van der Waals surface area (Å²) in [7, 11) is -2.49. The molecule has 0 aromatic heterocycles. The van der Waals surface area contributed by atoms with Gasteiger partial charge in [0.15, 0.2) is 0 Å². The van der Waals surface area contributed by atoms with Gasteiger partial charge in [-0.2, -0.15) is 8.42 Å². The van der Waals surface area contributed by atoms with Gasteiger partial charge in [-0.1, -0.05) is 18.2 Å². The Morgan fingerprint density at radius 1 is 1.03 bits per heavy atom. The van der Waals surface area contributed by atoms with Crippen molar-refractivity contribution in [1.82, 2.24) is 4.90 Å². The van der Waals surface area contributed by atoms with Crippen LogP contribution in [0.2, 0.25) is 0 Å². The van der Waals surface area contributed by atoms with Crippen LogP contribution in [0.25, 0.3) is 0 Å². The van der Waals surface area contributed by atoms with Gasteiger partial charge in [-0.3, -0.25) is 0 Å². The second-order valence-electron chi connectivity index (χ2n) is 9.07. The lowest BCUT2D eigenvalue weighted by Crippen LogP contribution is -2.36. The number of hydrogen-bond acceptors (Lipinski definition) is 6. The molecular weight excluding hydrogens is 430 g/mol. The zero-order valence-corrected chi connectivity index (χ0v) is 20.8. The molecule has 176 valence electrons. The number of aliphatic hydroxyl groups excluding tert-OH is 1. The third-order valence-corrected chi connectivity index (χ3v) is 6.69. The van der Waals surface area contributed by atoms with E-state index in [9.17, 15) is 18.3 Å². The predicted molar refractivity (Wildman–Crippen MR) is 123 cm³/mol. The molecule has 1 unspecified atom stereocenters. The van der Waals surface area contributed by atoms with E-state index >= 15 is 0 Å². The van der Waals surface area contributed by atoms with Crippen LogP contribution in [0.5, 0.6) is 5.75 Å². The summed E-state index contributed by atoms with van der Waals surface area (Å²) in [6.07, 6.45) is -1.51. The van der Waals surface area contributed by atoms with Crippen molar-refractivity contribution < 1.29 is 27.2 Å². The predicted octanol–water partition coefficient (Wildman–Crippen LogP) is 4.59. The van der Waals surface area contributed by atoms with Crippen LogP contribution in [0.1, 0.15) is 54.7 Å². The summed E-state index contributed by atoms with van der Waals surface area (Å²) in [6.45, 7) is 12.6. The van der Waals surface area contributed by atoms with Gasteiger partial charge in [-0.25, -0.2) is 4.79 Å². The molecule has 0 fully saturated rings. The average molecular weight is 464 g/mol. The number of aryl methyl sites for hydroxylation is 2. The topological polar surface area (TPSA) is 93.1 Å². The molecule has 0 aliphatic carbocycles. The largest absolute Gasteiger partial charge is 0.444 e. The van der Waals surface area contributed by atoms with E-state index in [4.69, 9.17) is 8.92 Å². The van der Waals surface area contributed by atoms with Crippen LogP contribution in [0.3, 0.4) is 0 Å². The van der Waals surface area contributed by atoms with Gasteiger partial charge in [-0.05, 0) is 88.4 Å². The summed E-state index contributed by atoms with van der Waals surface area (Å²) in [5, 5.41) is 10.5. The average Bonchev–Trinajstić information content (AvgIpc) is 2.65. The highest BCUT2D eigenvalue weighted by Gasteiger charge is 2.25. The Morgan fingerprint density at radius 2 is 1.53 bits per heavy atom. The molecule has 0 aliphatic heterocycles. The van der Waals surface area contributed by atoms with Gasteiger partial charge in [0.05, 0.1) is 12.6 Å². The van der Waals surface area contributed by atoms with E-state index in [0.717, 1.165) is 11.1 Å². The van der Waals surface area contributed by atoms with Gasteiger partial charge in [0.2, 0.25) is 0 Å². The van der Waals surface area contributed by atoms with Gasteiger partial charge < -0.3 is 18.9 Å².